The molecule has 0 aliphatic carbocycles. The van der Waals surface area contributed by atoms with E-state index in [4.69, 9.17) is 0 Å². The predicted octanol–water partition coefficient (Wildman–Crippen LogP) is 4.24. The van der Waals surface area contributed by atoms with E-state index in [1.165, 1.54) is 49.8 Å². The molecule has 0 aliphatic rings. The fourth-order valence-corrected chi connectivity index (χ4v) is 2.80. The minimum absolute atomic E-state index is 0.667. The standard InChI is InChI=1S/C14H25NS/c1-3-4-5-6-7-9-13(15-2)12-14-10-8-11-16-14/h8,10-11,13,15H,3-7,9,12H2,1-2H3. The maximum Gasteiger partial charge on any atom is 0.0112 e. The fraction of sp³-hybridized carbons (Fsp3) is 0.714. The topological polar surface area (TPSA) is 12.0 Å². The van der Waals surface area contributed by atoms with Crippen molar-refractivity contribution in [3.05, 3.63) is 22.4 Å². The van der Waals surface area contributed by atoms with Gasteiger partial charge in [-0.2, -0.15) is 0 Å². The minimum atomic E-state index is 0.667. The van der Waals surface area contributed by atoms with Gasteiger partial charge in [0.25, 0.3) is 0 Å². The molecule has 0 aromatic carbocycles. The highest BCUT2D eigenvalue weighted by Crippen LogP contribution is 2.14. The summed E-state index contributed by atoms with van der Waals surface area (Å²) in [5.74, 6) is 0. The van der Waals surface area contributed by atoms with Crippen LogP contribution in [-0.2, 0) is 6.42 Å². The van der Waals surface area contributed by atoms with Gasteiger partial charge in [-0.25, -0.2) is 0 Å². The quantitative estimate of drug-likeness (QED) is 0.636. The Morgan fingerprint density at radius 3 is 2.69 bits per heavy atom. The van der Waals surface area contributed by atoms with Crippen LogP contribution in [0, 0.1) is 0 Å². The second-order valence-electron chi connectivity index (χ2n) is 4.47. The molecule has 92 valence electrons. The van der Waals surface area contributed by atoms with Crippen molar-refractivity contribution < 1.29 is 0 Å². The molecule has 1 nitrogen and oxygen atoms in total. The average Bonchev–Trinajstić information content (AvgIpc) is 2.80. The molecule has 0 radical (unpaired) electrons. The Labute approximate surface area is 104 Å². The first kappa shape index (κ1) is 13.7. The van der Waals surface area contributed by atoms with E-state index in [0.717, 1.165) is 0 Å². The molecule has 0 spiro atoms. The molecule has 0 amide bonds. The lowest BCUT2D eigenvalue weighted by Gasteiger charge is -2.14. The van der Waals surface area contributed by atoms with Gasteiger partial charge in [-0.15, -0.1) is 11.3 Å². The molecular weight excluding hydrogens is 214 g/mol. The number of thiophene rings is 1. The summed E-state index contributed by atoms with van der Waals surface area (Å²) < 4.78 is 0. The summed E-state index contributed by atoms with van der Waals surface area (Å²) in [5.41, 5.74) is 0. The Balaban J connectivity index is 2.12. The van der Waals surface area contributed by atoms with Crippen LogP contribution in [0.2, 0.25) is 0 Å². The van der Waals surface area contributed by atoms with E-state index in [0.29, 0.717) is 6.04 Å². The van der Waals surface area contributed by atoms with Gasteiger partial charge in [-0.1, -0.05) is 45.1 Å². The molecule has 16 heavy (non-hydrogen) atoms. The molecule has 0 fully saturated rings. The zero-order chi connectivity index (χ0) is 11.6. The predicted molar refractivity (Wildman–Crippen MR) is 74.2 cm³/mol. The number of hydrogen-bond donors (Lipinski definition) is 1. The van der Waals surface area contributed by atoms with Gasteiger partial charge in [-0.3, -0.25) is 0 Å². The summed E-state index contributed by atoms with van der Waals surface area (Å²) >= 11 is 1.87. The van der Waals surface area contributed by atoms with Gasteiger partial charge in [0.15, 0.2) is 0 Å². The summed E-state index contributed by atoms with van der Waals surface area (Å²) in [4.78, 5) is 1.51. The number of unbranched alkanes of at least 4 members (excludes halogenated alkanes) is 4. The summed E-state index contributed by atoms with van der Waals surface area (Å²) in [7, 11) is 2.09. The van der Waals surface area contributed by atoms with Crippen molar-refractivity contribution >= 4 is 11.3 Å². The van der Waals surface area contributed by atoms with Crippen LogP contribution < -0.4 is 5.32 Å². The fourth-order valence-electron chi connectivity index (χ4n) is 2.01. The highest BCUT2D eigenvalue weighted by molar-refractivity contribution is 7.09. The molecule has 2 heteroatoms. The van der Waals surface area contributed by atoms with Crippen molar-refractivity contribution in [3.8, 4) is 0 Å². The lowest BCUT2D eigenvalue weighted by molar-refractivity contribution is 0.484. The van der Waals surface area contributed by atoms with Gasteiger partial charge in [-0.05, 0) is 31.3 Å². The second-order valence-corrected chi connectivity index (χ2v) is 5.50. The summed E-state index contributed by atoms with van der Waals surface area (Å²) in [6.45, 7) is 2.27. The summed E-state index contributed by atoms with van der Waals surface area (Å²) in [6.07, 6.45) is 9.43. The maximum absolute atomic E-state index is 3.44. The Morgan fingerprint density at radius 2 is 2.06 bits per heavy atom. The first-order valence-corrected chi connectivity index (χ1v) is 7.44. The van der Waals surface area contributed by atoms with Crippen LogP contribution in [0.5, 0.6) is 0 Å². The van der Waals surface area contributed by atoms with Crippen LogP contribution in [-0.4, -0.2) is 13.1 Å². The van der Waals surface area contributed by atoms with E-state index in [1.54, 1.807) is 0 Å². The smallest absolute Gasteiger partial charge is 0.0112 e. The normalized spacial score (nSPS) is 12.9. The lowest BCUT2D eigenvalue weighted by atomic mass is 10.0. The SMILES string of the molecule is CCCCCCCC(Cc1cccs1)NC. The molecule has 1 aromatic heterocycles. The van der Waals surface area contributed by atoms with E-state index in [1.807, 2.05) is 11.3 Å². The van der Waals surface area contributed by atoms with Crippen molar-refractivity contribution in [2.75, 3.05) is 7.05 Å². The largest absolute Gasteiger partial charge is 0.317 e. The Kier molecular flexibility index (Phi) is 7.52. The van der Waals surface area contributed by atoms with E-state index >= 15 is 0 Å². The van der Waals surface area contributed by atoms with Crippen LogP contribution in [0.1, 0.15) is 50.3 Å². The Bertz CT molecular complexity index is 243. The zero-order valence-corrected chi connectivity index (χ0v) is 11.5. The van der Waals surface area contributed by atoms with Crippen molar-refractivity contribution in [1.29, 1.82) is 0 Å². The second kappa shape index (κ2) is 8.77. The number of rotatable bonds is 9. The zero-order valence-electron chi connectivity index (χ0n) is 10.7. The van der Waals surface area contributed by atoms with Gasteiger partial charge in [0.05, 0.1) is 0 Å². The Hall–Kier alpha value is -0.340. The highest BCUT2D eigenvalue weighted by Gasteiger charge is 2.07. The van der Waals surface area contributed by atoms with Gasteiger partial charge in [0, 0.05) is 10.9 Å². The molecule has 1 unspecified atom stereocenters. The highest BCUT2D eigenvalue weighted by atomic mass is 32.1. The lowest BCUT2D eigenvalue weighted by Crippen LogP contribution is -2.27. The van der Waals surface area contributed by atoms with Gasteiger partial charge in [0.2, 0.25) is 0 Å². The molecular formula is C14H25NS. The third kappa shape index (κ3) is 5.66. The van der Waals surface area contributed by atoms with E-state index in [-0.39, 0.29) is 0 Å². The first-order chi connectivity index (χ1) is 7.86. The average molecular weight is 239 g/mol. The molecule has 1 N–H and O–H groups in total. The number of hydrogen-bond acceptors (Lipinski definition) is 2. The molecule has 1 atom stereocenters. The molecule has 1 heterocycles. The van der Waals surface area contributed by atoms with Crippen LogP contribution in [0.25, 0.3) is 0 Å². The number of nitrogens with one attached hydrogen (secondary N) is 1. The molecule has 0 saturated carbocycles. The molecule has 1 rings (SSSR count). The van der Waals surface area contributed by atoms with Crippen molar-refractivity contribution in [2.45, 2.75) is 57.9 Å². The van der Waals surface area contributed by atoms with Crippen LogP contribution >= 0.6 is 11.3 Å². The maximum atomic E-state index is 3.44. The number of likely N-dealkylation sites (N-methyl/N-ethyl adjacent to an activating group) is 1. The molecule has 1 aromatic rings. The first-order valence-electron chi connectivity index (χ1n) is 6.56. The van der Waals surface area contributed by atoms with Gasteiger partial charge >= 0.3 is 0 Å². The van der Waals surface area contributed by atoms with E-state index < -0.39 is 0 Å². The van der Waals surface area contributed by atoms with Crippen LogP contribution in [0.3, 0.4) is 0 Å². The van der Waals surface area contributed by atoms with Crippen molar-refractivity contribution in [3.63, 3.8) is 0 Å². The summed E-state index contributed by atoms with van der Waals surface area (Å²) in [5, 5.41) is 5.61. The van der Waals surface area contributed by atoms with Gasteiger partial charge < -0.3 is 5.32 Å². The van der Waals surface area contributed by atoms with Crippen molar-refractivity contribution in [1.82, 2.24) is 5.32 Å². The minimum Gasteiger partial charge on any atom is -0.317 e. The van der Waals surface area contributed by atoms with Crippen LogP contribution in [0.15, 0.2) is 17.5 Å². The van der Waals surface area contributed by atoms with Crippen molar-refractivity contribution in [2.24, 2.45) is 0 Å². The third-order valence-electron chi connectivity index (χ3n) is 3.09. The third-order valence-corrected chi connectivity index (χ3v) is 3.99. The summed E-state index contributed by atoms with van der Waals surface area (Å²) in [6, 6.07) is 5.06. The van der Waals surface area contributed by atoms with E-state index in [2.05, 4.69) is 36.8 Å². The van der Waals surface area contributed by atoms with Crippen LogP contribution in [0.4, 0.5) is 0 Å². The molecule has 0 saturated heterocycles. The molecule has 0 aliphatic heterocycles. The van der Waals surface area contributed by atoms with E-state index in [9.17, 15) is 0 Å². The Morgan fingerprint density at radius 1 is 1.25 bits per heavy atom. The van der Waals surface area contributed by atoms with Gasteiger partial charge in [0.1, 0.15) is 0 Å². The monoisotopic (exact) mass is 239 g/mol. The molecule has 0 bridgehead atoms.